The van der Waals surface area contributed by atoms with Gasteiger partial charge in [0.15, 0.2) is 5.96 Å². The largest absolute Gasteiger partial charge is 0.376 e. The van der Waals surface area contributed by atoms with Gasteiger partial charge in [-0.05, 0) is 38.4 Å². The predicted molar refractivity (Wildman–Crippen MR) is 106 cm³/mol. The van der Waals surface area contributed by atoms with Crippen LogP contribution >= 0.6 is 0 Å². The first kappa shape index (κ1) is 18.9. The monoisotopic (exact) mass is 360 g/mol. The SMILES string of the molecule is CCNC(=NCc1ccc(N2CCN(C)CC2)nc1)NCC1CCCO1. The first-order valence-electron chi connectivity index (χ1n) is 9.77. The molecule has 3 heterocycles. The van der Waals surface area contributed by atoms with E-state index in [1.54, 1.807) is 0 Å². The number of nitrogens with zero attached hydrogens (tertiary/aromatic N) is 4. The number of hydrogen-bond donors (Lipinski definition) is 2. The molecular formula is C19H32N6O. The number of likely N-dealkylation sites (N-methyl/N-ethyl adjacent to an activating group) is 1. The van der Waals surface area contributed by atoms with E-state index >= 15 is 0 Å². The van der Waals surface area contributed by atoms with Gasteiger partial charge < -0.3 is 25.2 Å². The van der Waals surface area contributed by atoms with Crippen molar-refractivity contribution in [3.8, 4) is 0 Å². The topological polar surface area (TPSA) is 65.0 Å². The van der Waals surface area contributed by atoms with E-state index in [-0.39, 0.29) is 0 Å². The first-order chi connectivity index (χ1) is 12.7. The second kappa shape index (κ2) is 9.73. The molecule has 1 aromatic rings. The minimum absolute atomic E-state index is 0.309. The smallest absolute Gasteiger partial charge is 0.191 e. The van der Waals surface area contributed by atoms with Crippen LogP contribution in [0.3, 0.4) is 0 Å². The summed E-state index contributed by atoms with van der Waals surface area (Å²) in [5, 5.41) is 6.67. The lowest BCUT2D eigenvalue weighted by atomic mass is 10.2. The molecule has 2 saturated heterocycles. The Kier molecular flexibility index (Phi) is 7.08. The summed E-state index contributed by atoms with van der Waals surface area (Å²) in [6.07, 6.45) is 4.54. The van der Waals surface area contributed by atoms with E-state index in [2.05, 4.69) is 56.5 Å². The van der Waals surface area contributed by atoms with Crippen LogP contribution in [0.5, 0.6) is 0 Å². The normalized spacial score (nSPS) is 21.8. The minimum atomic E-state index is 0.309. The zero-order chi connectivity index (χ0) is 18.2. The number of pyridine rings is 1. The standard InChI is InChI=1S/C19H32N6O/c1-3-20-19(23-15-17-5-4-12-26-17)22-14-16-6-7-18(21-13-16)25-10-8-24(2)9-11-25/h6-7,13,17H,3-5,8-12,14-15H2,1-2H3,(H2,20,22,23). The third-order valence-corrected chi connectivity index (χ3v) is 4.92. The summed E-state index contributed by atoms with van der Waals surface area (Å²) in [5.74, 6) is 1.90. The number of anilines is 1. The zero-order valence-corrected chi connectivity index (χ0v) is 16.1. The molecule has 0 radical (unpaired) electrons. The molecule has 1 atom stereocenters. The highest BCUT2D eigenvalue weighted by atomic mass is 16.5. The van der Waals surface area contributed by atoms with Crippen LogP contribution in [-0.2, 0) is 11.3 Å². The van der Waals surface area contributed by atoms with Crippen LogP contribution in [0, 0.1) is 0 Å². The highest BCUT2D eigenvalue weighted by molar-refractivity contribution is 5.79. The van der Waals surface area contributed by atoms with Crippen molar-refractivity contribution in [1.29, 1.82) is 0 Å². The highest BCUT2D eigenvalue weighted by Crippen LogP contribution is 2.14. The third-order valence-electron chi connectivity index (χ3n) is 4.92. The Morgan fingerprint density at radius 2 is 2.12 bits per heavy atom. The maximum absolute atomic E-state index is 5.66. The fourth-order valence-corrected chi connectivity index (χ4v) is 3.26. The molecule has 2 aliphatic rings. The zero-order valence-electron chi connectivity index (χ0n) is 16.1. The highest BCUT2D eigenvalue weighted by Gasteiger charge is 2.16. The Morgan fingerprint density at radius 3 is 2.77 bits per heavy atom. The molecule has 0 bridgehead atoms. The van der Waals surface area contributed by atoms with E-state index in [0.717, 1.165) is 76.1 Å². The lowest BCUT2D eigenvalue weighted by Gasteiger charge is -2.33. The molecule has 0 aromatic carbocycles. The van der Waals surface area contributed by atoms with Crippen LogP contribution in [-0.4, -0.2) is 74.9 Å². The second-order valence-electron chi connectivity index (χ2n) is 7.03. The van der Waals surface area contributed by atoms with E-state index in [4.69, 9.17) is 4.74 Å². The van der Waals surface area contributed by atoms with E-state index in [1.807, 2.05) is 6.20 Å². The van der Waals surface area contributed by atoms with Crippen LogP contribution in [0.4, 0.5) is 5.82 Å². The van der Waals surface area contributed by atoms with Crippen molar-refractivity contribution in [2.45, 2.75) is 32.4 Å². The van der Waals surface area contributed by atoms with Gasteiger partial charge in [-0.25, -0.2) is 9.98 Å². The summed E-state index contributed by atoms with van der Waals surface area (Å²) in [4.78, 5) is 14.0. The van der Waals surface area contributed by atoms with Crippen LogP contribution in [0.1, 0.15) is 25.3 Å². The Hall–Kier alpha value is -1.86. The molecule has 0 aliphatic carbocycles. The van der Waals surface area contributed by atoms with Gasteiger partial charge in [-0.15, -0.1) is 0 Å². The summed E-state index contributed by atoms with van der Waals surface area (Å²) in [6, 6.07) is 4.25. The number of guanidine groups is 1. The number of aliphatic imine (C=N–C) groups is 1. The van der Waals surface area contributed by atoms with E-state index in [0.29, 0.717) is 12.6 Å². The lowest BCUT2D eigenvalue weighted by molar-refractivity contribution is 0.114. The van der Waals surface area contributed by atoms with Crippen LogP contribution in [0.15, 0.2) is 23.3 Å². The minimum Gasteiger partial charge on any atom is -0.376 e. The molecule has 144 valence electrons. The number of nitrogens with one attached hydrogen (secondary N) is 2. The molecule has 0 amide bonds. The summed E-state index contributed by atoms with van der Waals surface area (Å²) >= 11 is 0. The number of hydrogen-bond acceptors (Lipinski definition) is 5. The Labute approximate surface area is 156 Å². The molecule has 7 nitrogen and oxygen atoms in total. The van der Waals surface area contributed by atoms with Gasteiger partial charge >= 0.3 is 0 Å². The Balaban J connectivity index is 1.51. The maximum Gasteiger partial charge on any atom is 0.191 e. The van der Waals surface area contributed by atoms with Crippen molar-refractivity contribution in [2.75, 3.05) is 57.8 Å². The summed E-state index contributed by atoms with van der Waals surface area (Å²) in [7, 11) is 2.17. The average Bonchev–Trinajstić information content (AvgIpc) is 3.19. The van der Waals surface area contributed by atoms with Crippen molar-refractivity contribution >= 4 is 11.8 Å². The Bertz CT molecular complexity index is 562. The molecular weight excluding hydrogens is 328 g/mol. The molecule has 2 fully saturated rings. The van der Waals surface area contributed by atoms with Gasteiger partial charge in [0, 0.05) is 52.1 Å². The number of piperazine rings is 1. The maximum atomic E-state index is 5.66. The quantitative estimate of drug-likeness (QED) is 0.584. The van der Waals surface area contributed by atoms with Gasteiger partial charge in [-0.2, -0.15) is 0 Å². The third kappa shape index (κ3) is 5.57. The van der Waals surface area contributed by atoms with Crippen molar-refractivity contribution in [3.05, 3.63) is 23.9 Å². The van der Waals surface area contributed by atoms with Gasteiger partial charge in [0.25, 0.3) is 0 Å². The number of rotatable bonds is 6. The fourth-order valence-electron chi connectivity index (χ4n) is 3.26. The van der Waals surface area contributed by atoms with Crippen molar-refractivity contribution in [1.82, 2.24) is 20.5 Å². The number of ether oxygens (including phenoxy) is 1. The van der Waals surface area contributed by atoms with Gasteiger partial charge in [0.1, 0.15) is 5.82 Å². The summed E-state index contributed by atoms with van der Waals surface area (Å²) < 4.78 is 5.66. The van der Waals surface area contributed by atoms with Crippen LogP contribution in [0.25, 0.3) is 0 Å². The van der Waals surface area contributed by atoms with Crippen LogP contribution in [0.2, 0.25) is 0 Å². The first-order valence-corrected chi connectivity index (χ1v) is 9.77. The molecule has 1 aromatic heterocycles. The lowest BCUT2D eigenvalue weighted by Crippen LogP contribution is -2.44. The van der Waals surface area contributed by atoms with Crippen LogP contribution < -0.4 is 15.5 Å². The molecule has 2 aliphatic heterocycles. The number of aromatic nitrogens is 1. The summed E-state index contributed by atoms with van der Waals surface area (Å²) in [6.45, 7) is 9.51. The van der Waals surface area contributed by atoms with E-state index < -0.39 is 0 Å². The molecule has 1 unspecified atom stereocenters. The van der Waals surface area contributed by atoms with Gasteiger partial charge in [-0.1, -0.05) is 6.07 Å². The average molecular weight is 361 g/mol. The molecule has 26 heavy (non-hydrogen) atoms. The van der Waals surface area contributed by atoms with Gasteiger partial charge in [-0.3, -0.25) is 0 Å². The van der Waals surface area contributed by atoms with E-state index in [1.165, 1.54) is 0 Å². The van der Waals surface area contributed by atoms with E-state index in [9.17, 15) is 0 Å². The molecule has 0 saturated carbocycles. The molecule has 0 spiro atoms. The second-order valence-corrected chi connectivity index (χ2v) is 7.03. The fraction of sp³-hybridized carbons (Fsp3) is 0.684. The predicted octanol–water partition coefficient (Wildman–Crippen LogP) is 1.07. The summed E-state index contributed by atoms with van der Waals surface area (Å²) in [5.41, 5.74) is 1.12. The van der Waals surface area contributed by atoms with Crippen molar-refractivity contribution < 1.29 is 4.74 Å². The Morgan fingerprint density at radius 1 is 1.27 bits per heavy atom. The molecule has 3 rings (SSSR count). The van der Waals surface area contributed by atoms with Crippen molar-refractivity contribution in [2.24, 2.45) is 4.99 Å². The molecule has 2 N–H and O–H groups in total. The van der Waals surface area contributed by atoms with Crippen molar-refractivity contribution in [3.63, 3.8) is 0 Å². The molecule has 7 heteroatoms. The van der Waals surface area contributed by atoms with Gasteiger partial charge in [0.2, 0.25) is 0 Å². The van der Waals surface area contributed by atoms with Gasteiger partial charge in [0.05, 0.1) is 12.6 Å².